The summed E-state index contributed by atoms with van der Waals surface area (Å²) >= 11 is 1.58. The number of carbonyl (C=O) groups excluding carboxylic acids is 4. The summed E-state index contributed by atoms with van der Waals surface area (Å²) in [6, 6.07) is 5.87. The normalized spacial score (nSPS) is 20.8. The number of aliphatic hydroxyl groups excluding tert-OH is 1. The van der Waals surface area contributed by atoms with Gasteiger partial charge in [0.15, 0.2) is 0 Å². The first-order valence-electron chi connectivity index (χ1n) is 15.4. The van der Waals surface area contributed by atoms with Crippen LogP contribution in [0.15, 0.2) is 29.8 Å². The van der Waals surface area contributed by atoms with E-state index in [0.29, 0.717) is 26.2 Å². The summed E-state index contributed by atoms with van der Waals surface area (Å²) in [5, 5.41) is 16.5. The van der Waals surface area contributed by atoms with Crippen LogP contribution in [0.25, 0.3) is 10.4 Å². The number of aliphatic hydroxyl groups is 1. The molecular formula is C32H46N6O6S. The van der Waals surface area contributed by atoms with Gasteiger partial charge in [-0.25, -0.2) is 4.98 Å². The standard InChI is InChI=1S/C32H46N6O6S/c1-20(22-7-9-23(10-8-22)28-21(2)33-19-45-28)34-30(42)25-15-24(39)16-38(25)31(43)29(32(3,4)5)35-26(40)17-36-11-13-37(14-12-36)18-27(41)44-6/h7-10,19-20,24-25,29,39H,11-18H2,1-6H3,(H,34,42)(H,35,40)/t20?,24-,25+,29?/m1/s1. The SMILES string of the molecule is COC(=O)CN1CCN(CC(=O)NC(C(=O)N2C[C@H](O)C[C@H]2C(=O)NC(C)c2ccc(-c3scnc3C)cc2)C(C)(C)C)CC1. The zero-order chi connectivity index (χ0) is 32.9. The number of amides is 3. The van der Waals surface area contributed by atoms with Crippen molar-refractivity contribution in [3.05, 3.63) is 41.0 Å². The summed E-state index contributed by atoms with van der Waals surface area (Å²) in [5.41, 5.74) is 4.11. The summed E-state index contributed by atoms with van der Waals surface area (Å²) in [6.07, 6.45) is -0.728. The fourth-order valence-corrected chi connectivity index (χ4v) is 6.59. The Balaban J connectivity index is 1.37. The van der Waals surface area contributed by atoms with E-state index in [0.717, 1.165) is 21.7 Å². The van der Waals surface area contributed by atoms with Gasteiger partial charge in [0.1, 0.15) is 12.1 Å². The summed E-state index contributed by atoms with van der Waals surface area (Å²) in [7, 11) is 1.36. The van der Waals surface area contributed by atoms with E-state index in [2.05, 4.69) is 15.6 Å². The van der Waals surface area contributed by atoms with E-state index in [4.69, 9.17) is 4.74 Å². The number of nitrogens with one attached hydrogen (secondary N) is 2. The molecule has 12 nitrogen and oxygen atoms in total. The smallest absolute Gasteiger partial charge is 0.319 e. The lowest BCUT2D eigenvalue weighted by molar-refractivity contribution is -0.144. The maximum atomic E-state index is 13.9. The number of aromatic nitrogens is 1. The number of nitrogens with zero attached hydrogens (tertiary/aromatic N) is 4. The van der Waals surface area contributed by atoms with Crippen molar-refractivity contribution in [3.8, 4) is 10.4 Å². The van der Waals surface area contributed by atoms with Gasteiger partial charge in [0.05, 0.1) is 48.4 Å². The molecular weight excluding hydrogens is 596 g/mol. The predicted octanol–water partition coefficient (Wildman–Crippen LogP) is 1.58. The number of thiazole rings is 1. The van der Waals surface area contributed by atoms with Gasteiger partial charge in [0, 0.05) is 39.1 Å². The van der Waals surface area contributed by atoms with E-state index in [9.17, 15) is 24.3 Å². The van der Waals surface area contributed by atoms with Crippen LogP contribution >= 0.6 is 11.3 Å². The molecule has 2 fully saturated rings. The number of rotatable bonds is 10. The highest BCUT2D eigenvalue weighted by Gasteiger charge is 2.44. The molecule has 2 unspecified atom stereocenters. The highest BCUT2D eigenvalue weighted by molar-refractivity contribution is 7.13. The Morgan fingerprint density at radius 2 is 1.67 bits per heavy atom. The largest absolute Gasteiger partial charge is 0.468 e. The van der Waals surface area contributed by atoms with Gasteiger partial charge >= 0.3 is 5.97 Å². The molecule has 0 saturated carbocycles. The van der Waals surface area contributed by atoms with Crippen molar-refractivity contribution in [1.82, 2.24) is 30.3 Å². The van der Waals surface area contributed by atoms with Crippen molar-refractivity contribution < 1.29 is 29.0 Å². The number of hydrogen-bond donors (Lipinski definition) is 3. The molecule has 2 aromatic rings. The zero-order valence-corrected chi connectivity index (χ0v) is 27.9. The van der Waals surface area contributed by atoms with E-state index >= 15 is 0 Å². The number of likely N-dealkylation sites (tertiary alicyclic amines) is 1. The average Bonchev–Trinajstić information content (AvgIpc) is 3.61. The van der Waals surface area contributed by atoms with Crippen LogP contribution in [-0.4, -0.2) is 120 Å². The summed E-state index contributed by atoms with van der Waals surface area (Å²) in [5.74, 6) is -1.33. The van der Waals surface area contributed by atoms with Crippen molar-refractivity contribution >= 4 is 35.0 Å². The molecule has 2 aliphatic rings. The molecule has 3 N–H and O–H groups in total. The third kappa shape index (κ3) is 8.87. The number of hydrogen-bond acceptors (Lipinski definition) is 10. The van der Waals surface area contributed by atoms with Crippen LogP contribution < -0.4 is 10.6 Å². The molecule has 0 bridgehead atoms. The van der Waals surface area contributed by atoms with Gasteiger partial charge in [0.2, 0.25) is 17.7 Å². The van der Waals surface area contributed by atoms with Gasteiger partial charge in [-0.05, 0) is 30.4 Å². The fraction of sp³-hybridized carbons (Fsp3) is 0.594. The van der Waals surface area contributed by atoms with Gasteiger partial charge in [0.25, 0.3) is 0 Å². The molecule has 2 aliphatic heterocycles. The highest BCUT2D eigenvalue weighted by Crippen LogP contribution is 2.29. The Bertz CT molecular complexity index is 1350. The molecule has 13 heteroatoms. The van der Waals surface area contributed by atoms with E-state index in [1.165, 1.54) is 12.0 Å². The third-order valence-electron chi connectivity index (χ3n) is 8.47. The number of methoxy groups -OCH3 is 1. The zero-order valence-electron chi connectivity index (χ0n) is 27.0. The lowest BCUT2D eigenvalue weighted by Crippen LogP contribution is -2.59. The summed E-state index contributed by atoms with van der Waals surface area (Å²) < 4.78 is 4.73. The quantitative estimate of drug-likeness (QED) is 0.329. The molecule has 0 spiro atoms. The van der Waals surface area contributed by atoms with Gasteiger partial charge in [-0.15, -0.1) is 11.3 Å². The Morgan fingerprint density at radius 1 is 1.04 bits per heavy atom. The number of piperazine rings is 1. The Hall–Kier alpha value is -3.39. The van der Waals surface area contributed by atoms with Crippen LogP contribution in [0.1, 0.15) is 51.4 Å². The molecule has 4 atom stereocenters. The van der Waals surface area contributed by atoms with E-state index in [-0.39, 0.29) is 49.9 Å². The second-order valence-corrected chi connectivity index (χ2v) is 13.9. The molecule has 2 saturated heterocycles. The first-order chi connectivity index (χ1) is 21.3. The van der Waals surface area contributed by atoms with E-state index in [1.54, 1.807) is 11.3 Å². The van der Waals surface area contributed by atoms with Crippen molar-refractivity contribution in [2.75, 3.05) is 52.9 Å². The number of ether oxygens (including phenoxy) is 1. The lowest BCUT2D eigenvalue weighted by Gasteiger charge is -2.37. The van der Waals surface area contributed by atoms with Crippen LogP contribution in [0.5, 0.6) is 0 Å². The Morgan fingerprint density at radius 3 is 2.22 bits per heavy atom. The van der Waals surface area contributed by atoms with Crippen LogP contribution in [0.3, 0.4) is 0 Å². The number of aryl methyl sites for hydroxylation is 1. The molecule has 3 amide bonds. The molecule has 4 rings (SSSR count). The summed E-state index contributed by atoms with van der Waals surface area (Å²) in [4.78, 5) is 62.9. The van der Waals surface area contributed by atoms with Crippen LogP contribution in [0.2, 0.25) is 0 Å². The molecule has 0 radical (unpaired) electrons. The lowest BCUT2D eigenvalue weighted by atomic mass is 9.85. The number of benzene rings is 1. The van der Waals surface area contributed by atoms with Crippen molar-refractivity contribution in [2.45, 2.75) is 65.3 Å². The number of β-amino-alcohol motifs (C(OH)–C–C–N with tert-alkyl or cyclic N) is 1. The van der Waals surface area contributed by atoms with Gasteiger partial charge < -0.3 is 25.4 Å². The van der Waals surface area contributed by atoms with Crippen LogP contribution in [0, 0.1) is 12.3 Å². The third-order valence-corrected chi connectivity index (χ3v) is 9.45. The maximum absolute atomic E-state index is 13.9. The van der Waals surface area contributed by atoms with Gasteiger partial charge in [-0.3, -0.25) is 29.0 Å². The Labute approximate surface area is 269 Å². The molecule has 246 valence electrons. The van der Waals surface area contributed by atoms with Crippen molar-refractivity contribution in [3.63, 3.8) is 0 Å². The van der Waals surface area contributed by atoms with Crippen molar-refractivity contribution in [1.29, 1.82) is 0 Å². The Kier molecular flexibility index (Phi) is 11.3. The van der Waals surface area contributed by atoms with Crippen LogP contribution in [0.4, 0.5) is 0 Å². The van der Waals surface area contributed by atoms with Gasteiger partial charge in [-0.2, -0.15) is 0 Å². The molecule has 1 aromatic heterocycles. The minimum Gasteiger partial charge on any atom is -0.468 e. The predicted molar refractivity (Wildman–Crippen MR) is 171 cm³/mol. The first kappa shape index (κ1) is 34.5. The minimum absolute atomic E-state index is 0.0127. The number of carbonyl (C=O) groups is 4. The van der Waals surface area contributed by atoms with E-state index < -0.39 is 29.5 Å². The minimum atomic E-state index is -0.897. The highest BCUT2D eigenvalue weighted by atomic mass is 32.1. The van der Waals surface area contributed by atoms with Gasteiger partial charge in [-0.1, -0.05) is 45.0 Å². The van der Waals surface area contributed by atoms with E-state index in [1.807, 2.05) is 74.2 Å². The van der Waals surface area contributed by atoms with Crippen molar-refractivity contribution in [2.24, 2.45) is 5.41 Å². The first-order valence-corrected chi connectivity index (χ1v) is 16.2. The summed E-state index contributed by atoms with van der Waals surface area (Å²) in [6.45, 7) is 12.2. The molecule has 45 heavy (non-hydrogen) atoms. The monoisotopic (exact) mass is 642 g/mol. The second kappa shape index (κ2) is 14.8. The average molecular weight is 643 g/mol. The molecule has 0 aliphatic carbocycles. The molecule has 1 aromatic carbocycles. The maximum Gasteiger partial charge on any atom is 0.319 e. The second-order valence-electron chi connectivity index (χ2n) is 13.0. The van der Waals surface area contributed by atoms with Crippen LogP contribution in [-0.2, 0) is 23.9 Å². The molecule has 3 heterocycles. The number of esters is 1. The topological polar surface area (TPSA) is 144 Å². The fourth-order valence-electron chi connectivity index (χ4n) is 5.78.